The molecular weight excluding hydrogens is 332 g/mol. The zero-order valence-corrected chi connectivity index (χ0v) is 13.6. The fraction of sp³-hybridized carbons (Fsp3) is 0.188. The minimum absolute atomic E-state index is 0.0643. The van der Waals surface area contributed by atoms with Crippen LogP contribution in [0, 0.1) is 12.3 Å². The molecule has 1 saturated heterocycles. The van der Waals surface area contributed by atoms with Crippen molar-refractivity contribution in [1.29, 1.82) is 0 Å². The second-order valence-electron chi connectivity index (χ2n) is 4.64. The second-order valence-corrected chi connectivity index (χ2v) is 5.63. The third kappa shape index (κ3) is 3.88. The van der Waals surface area contributed by atoms with Crippen LogP contribution in [0.3, 0.4) is 0 Å². The lowest BCUT2D eigenvalue weighted by molar-refractivity contribution is -0.122. The number of primary amides is 1. The van der Waals surface area contributed by atoms with Gasteiger partial charge in [-0.2, -0.15) is 0 Å². The summed E-state index contributed by atoms with van der Waals surface area (Å²) in [6, 6.07) is 4.86. The van der Waals surface area contributed by atoms with Crippen molar-refractivity contribution in [1.82, 2.24) is 4.90 Å². The number of carbonyl (C=O) groups is 3. The molecule has 3 amide bonds. The molecule has 7 nitrogen and oxygen atoms in total. The van der Waals surface area contributed by atoms with Gasteiger partial charge < -0.3 is 15.2 Å². The Morgan fingerprint density at radius 3 is 2.79 bits per heavy atom. The van der Waals surface area contributed by atoms with E-state index in [1.54, 1.807) is 24.3 Å². The van der Waals surface area contributed by atoms with E-state index in [0.717, 1.165) is 16.7 Å². The average Bonchev–Trinajstić information content (AvgIpc) is 2.81. The summed E-state index contributed by atoms with van der Waals surface area (Å²) in [5, 5.41) is -0.405. The number of amides is 3. The summed E-state index contributed by atoms with van der Waals surface area (Å²) in [6.07, 6.45) is 6.70. The highest BCUT2D eigenvalue weighted by Gasteiger charge is 2.34. The molecule has 0 aromatic heterocycles. The van der Waals surface area contributed by atoms with Crippen LogP contribution in [-0.4, -0.2) is 42.2 Å². The number of hydrogen-bond acceptors (Lipinski definition) is 6. The average molecular weight is 346 g/mol. The first-order valence-corrected chi connectivity index (χ1v) is 7.56. The van der Waals surface area contributed by atoms with E-state index in [2.05, 4.69) is 5.92 Å². The lowest BCUT2D eigenvalue weighted by Gasteiger charge is -2.10. The number of methoxy groups -OCH3 is 1. The molecule has 1 aliphatic heterocycles. The fourth-order valence-electron chi connectivity index (χ4n) is 1.92. The standard InChI is InChI=1S/C16H14N2O5S/c1-3-6-18-15(20)13(24-16(18)21)8-10-4-5-11(12(7-10)22-2)23-9-14(17)19/h1,4-5,7-8H,6,9H2,2H3,(H2,17,19)/b13-8+. The molecule has 0 radical (unpaired) electrons. The molecule has 1 aromatic carbocycles. The maximum atomic E-state index is 12.1. The van der Waals surface area contributed by atoms with Crippen LogP contribution in [0.1, 0.15) is 5.56 Å². The van der Waals surface area contributed by atoms with Crippen LogP contribution in [0.15, 0.2) is 23.1 Å². The number of rotatable bonds is 6. The topological polar surface area (TPSA) is 98.9 Å². The first-order valence-electron chi connectivity index (χ1n) is 6.74. The SMILES string of the molecule is C#CCN1C(=O)S/C(=C/c2ccc(OCC(N)=O)c(OC)c2)C1=O. The highest BCUT2D eigenvalue weighted by Crippen LogP contribution is 2.34. The van der Waals surface area contributed by atoms with Gasteiger partial charge in [-0.25, -0.2) is 0 Å². The van der Waals surface area contributed by atoms with Crippen molar-refractivity contribution < 1.29 is 23.9 Å². The van der Waals surface area contributed by atoms with E-state index in [1.807, 2.05) is 0 Å². The molecule has 0 saturated carbocycles. The van der Waals surface area contributed by atoms with Gasteiger partial charge in [0.25, 0.3) is 17.1 Å². The number of carbonyl (C=O) groups excluding carboxylic acids is 3. The van der Waals surface area contributed by atoms with Crippen molar-refractivity contribution in [3.63, 3.8) is 0 Å². The van der Waals surface area contributed by atoms with Crippen molar-refractivity contribution >= 4 is 34.9 Å². The zero-order chi connectivity index (χ0) is 17.7. The summed E-state index contributed by atoms with van der Waals surface area (Å²) in [7, 11) is 1.44. The largest absolute Gasteiger partial charge is 0.493 e. The summed E-state index contributed by atoms with van der Waals surface area (Å²) in [4.78, 5) is 35.9. The van der Waals surface area contributed by atoms with Crippen LogP contribution in [-0.2, 0) is 9.59 Å². The molecule has 1 fully saturated rings. The maximum Gasteiger partial charge on any atom is 0.294 e. The van der Waals surface area contributed by atoms with Crippen molar-refractivity contribution in [2.24, 2.45) is 5.73 Å². The molecule has 0 unspecified atom stereocenters. The van der Waals surface area contributed by atoms with Gasteiger partial charge in [0.15, 0.2) is 18.1 Å². The number of nitrogens with two attached hydrogens (primary N) is 1. The molecule has 124 valence electrons. The number of ether oxygens (including phenoxy) is 2. The van der Waals surface area contributed by atoms with E-state index in [4.69, 9.17) is 21.6 Å². The Morgan fingerprint density at radius 2 is 2.17 bits per heavy atom. The monoisotopic (exact) mass is 346 g/mol. The molecule has 1 aliphatic rings. The molecule has 0 atom stereocenters. The van der Waals surface area contributed by atoms with Gasteiger partial charge in [-0.15, -0.1) is 6.42 Å². The lowest BCUT2D eigenvalue weighted by atomic mass is 10.2. The summed E-state index contributed by atoms with van der Waals surface area (Å²) < 4.78 is 10.4. The minimum Gasteiger partial charge on any atom is -0.493 e. The predicted octanol–water partition coefficient (Wildman–Crippen LogP) is 1.23. The highest BCUT2D eigenvalue weighted by molar-refractivity contribution is 8.18. The smallest absolute Gasteiger partial charge is 0.294 e. The Labute approximate surface area is 142 Å². The van der Waals surface area contributed by atoms with Crippen LogP contribution >= 0.6 is 11.8 Å². The molecule has 24 heavy (non-hydrogen) atoms. The maximum absolute atomic E-state index is 12.1. The molecule has 0 bridgehead atoms. The van der Waals surface area contributed by atoms with Crippen LogP contribution in [0.5, 0.6) is 11.5 Å². The molecular formula is C16H14N2O5S. The van der Waals surface area contributed by atoms with Crippen molar-refractivity contribution in [3.8, 4) is 23.8 Å². The normalized spacial score (nSPS) is 15.5. The quantitative estimate of drug-likeness (QED) is 0.614. The Hall–Kier alpha value is -2.92. The van der Waals surface area contributed by atoms with Gasteiger partial charge in [0, 0.05) is 0 Å². The van der Waals surface area contributed by atoms with E-state index in [1.165, 1.54) is 7.11 Å². The van der Waals surface area contributed by atoms with Gasteiger partial charge in [0.1, 0.15) is 0 Å². The molecule has 0 aliphatic carbocycles. The van der Waals surface area contributed by atoms with Crippen molar-refractivity contribution in [3.05, 3.63) is 28.7 Å². The number of imide groups is 1. The molecule has 0 spiro atoms. The Balaban J connectivity index is 2.24. The van der Waals surface area contributed by atoms with Crippen LogP contribution < -0.4 is 15.2 Å². The summed E-state index contributed by atoms with van der Waals surface area (Å²) in [5.41, 5.74) is 5.66. The van der Waals surface area contributed by atoms with E-state index in [9.17, 15) is 14.4 Å². The number of hydrogen-bond donors (Lipinski definition) is 1. The second kappa shape index (κ2) is 7.57. The molecule has 1 heterocycles. The first kappa shape index (κ1) is 17.4. The van der Waals surface area contributed by atoms with E-state index < -0.39 is 17.1 Å². The zero-order valence-electron chi connectivity index (χ0n) is 12.8. The predicted molar refractivity (Wildman–Crippen MR) is 89.2 cm³/mol. The highest BCUT2D eigenvalue weighted by atomic mass is 32.2. The summed E-state index contributed by atoms with van der Waals surface area (Å²) >= 11 is 0.818. The van der Waals surface area contributed by atoms with Crippen molar-refractivity contribution in [2.45, 2.75) is 0 Å². The van der Waals surface area contributed by atoms with E-state index in [0.29, 0.717) is 17.1 Å². The van der Waals surface area contributed by atoms with Crippen LogP contribution in [0.4, 0.5) is 4.79 Å². The van der Waals surface area contributed by atoms with Crippen LogP contribution in [0.2, 0.25) is 0 Å². The van der Waals surface area contributed by atoms with Gasteiger partial charge in [-0.05, 0) is 35.5 Å². The number of benzene rings is 1. The third-order valence-corrected chi connectivity index (χ3v) is 3.89. The van der Waals surface area contributed by atoms with Gasteiger partial charge in [0.05, 0.1) is 18.6 Å². The van der Waals surface area contributed by atoms with Gasteiger partial charge >= 0.3 is 0 Å². The molecule has 8 heteroatoms. The minimum atomic E-state index is -0.608. The van der Waals surface area contributed by atoms with Crippen molar-refractivity contribution in [2.75, 3.05) is 20.3 Å². The van der Waals surface area contributed by atoms with Gasteiger partial charge in [-0.3, -0.25) is 19.3 Å². The first-order chi connectivity index (χ1) is 11.5. The lowest BCUT2D eigenvalue weighted by Crippen LogP contribution is -2.28. The van der Waals surface area contributed by atoms with E-state index >= 15 is 0 Å². The molecule has 2 N–H and O–H groups in total. The Morgan fingerprint density at radius 1 is 1.42 bits per heavy atom. The molecule has 2 rings (SSSR count). The Bertz CT molecular complexity index is 766. The van der Waals surface area contributed by atoms with Crippen LogP contribution in [0.25, 0.3) is 6.08 Å². The summed E-state index contributed by atoms with van der Waals surface area (Å²) in [6.45, 7) is -0.341. The number of terminal acetylenes is 1. The number of nitrogens with zero attached hydrogens (tertiary/aromatic N) is 1. The fourth-order valence-corrected chi connectivity index (χ4v) is 2.76. The van der Waals surface area contributed by atoms with Gasteiger partial charge in [-0.1, -0.05) is 12.0 Å². The number of thioether (sulfide) groups is 1. The molecule has 1 aromatic rings. The Kier molecular flexibility index (Phi) is 5.50. The third-order valence-electron chi connectivity index (χ3n) is 2.98. The van der Waals surface area contributed by atoms with E-state index in [-0.39, 0.29) is 18.1 Å². The summed E-state index contributed by atoms with van der Waals surface area (Å²) in [5.74, 6) is 1.94. The van der Waals surface area contributed by atoms with Gasteiger partial charge in [0.2, 0.25) is 0 Å².